The van der Waals surface area contributed by atoms with Crippen molar-refractivity contribution in [3.8, 4) is 0 Å². The minimum absolute atomic E-state index is 0.0177. The molecule has 4 nitrogen and oxygen atoms in total. The van der Waals surface area contributed by atoms with Gasteiger partial charge in [0.15, 0.2) is 0 Å². The number of ether oxygens (including phenoxy) is 1. The van der Waals surface area contributed by atoms with Gasteiger partial charge >= 0.3 is 0 Å². The molecule has 0 atom stereocenters. The van der Waals surface area contributed by atoms with Crippen molar-refractivity contribution in [3.63, 3.8) is 0 Å². The van der Waals surface area contributed by atoms with E-state index in [4.69, 9.17) is 4.74 Å². The second-order valence-corrected chi connectivity index (χ2v) is 5.25. The van der Waals surface area contributed by atoms with E-state index in [-0.39, 0.29) is 5.60 Å². The highest BCUT2D eigenvalue weighted by molar-refractivity contribution is 9.10. The van der Waals surface area contributed by atoms with Crippen LogP contribution in [-0.2, 0) is 11.2 Å². The molecule has 1 saturated carbocycles. The zero-order valence-corrected chi connectivity index (χ0v) is 11.9. The molecule has 1 aromatic rings. The molecular formula is C12H18BrN3O. The van der Waals surface area contributed by atoms with E-state index in [2.05, 4.69) is 31.2 Å². The molecule has 1 aromatic heterocycles. The largest absolute Gasteiger partial charge is 0.376 e. The van der Waals surface area contributed by atoms with Gasteiger partial charge in [0, 0.05) is 26.1 Å². The number of rotatable bonds is 5. The van der Waals surface area contributed by atoms with Crippen molar-refractivity contribution >= 4 is 21.7 Å². The molecule has 1 heterocycles. The van der Waals surface area contributed by atoms with Crippen LogP contribution in [0.2, 0.25) is 0 Å². The van der Waals surface area contributed by atoms with Gasteiger partial charge < -0.3 is 10.1 Å². The average Bonchev–Trinajstić information content (AvgIpc) is 2.27. The summed E-state index contributed by atoms with van der Waals surface area (Å²) in [4.78, 5) is 8.73. The maximum Gasteiger partial charge on any atom is 0.131 e. The van der Waals surface area contributed by atoms with E-state index in [0.29, 0.717) is 0 Å². The maximum absolute atomic E-state index is 5.56. The molecule has 1 fully saturated rings. The average molecular weight is 300 g/mol. The number of aromatic nitrogens is 2. The fraction of sp³-hybridized carbons (Fsp3) is 0.667. The number of halogens is 1. The van der Waals surface area contributed by atoms with Crippen LogP contribution in [0, 0.1) is 0 Å². The van der Waals surface area contributed by atoms with Crippen LogP contribution in [0.5, 0.6) is 0 Å². The number of hydrogen-bond donors (Lipinski definition) is 1. The third-order valence-electron chi connectivity index (χ3n) is 3.35. The van der Waals surface area contributed by atoms with Crippen molar-refractivity contribution in [2.75, 3.05) is 19.0 Å². The number of nitrogens with zero attached hydrogens (tertiary/aromatic N) is 2. The molecule has 17 heavy (non-hydrogen) atoms. The number of methoxy groups -OCH3 is 1. The van der Waals surface area contributed by atoms with Crippen molar-refractivity contribution in [2.24, 2.45) is 0 Å². The Morgan fingerprint density at radius 1 is 1.47 bits per heavy atom. The smallest absolute Gasteiger partial charge is 0.131 e. The van der Waals surface area contributed by atoms with Crippen LogP contribution >= 0.6 is 15.9 Å². The van der Waals surface area contributed by atoms with E-state index in [1.165, 1.54) is 6.42 Å². The lowest BCUT2D eigenvalue weighted by molar-refractivity contribution is -0.0601. The van der Waals surface area contributed by atoms with Gasteiger partial charge in [-0.15, -0.1) is 0 Å². The first kappa shape index (κ1) is 12.8. The van der Waals surface area contributed by atoms with E-state index in [1.807, 2.05) is 13.0 Å². The quantitative estimate of drug-likeness (QED) is 0.849. The predicted octanol–water partition coefficient (Wildman–Crippen LogP) is 2.78. The summed E-state index contributed by atoms with van der Waals surface area (Å²) in [5.74, 6) is 1.72. The SMILES string of the molecule is CCc1nc(Br)cc(NCC2(OC)CCC2)n1. The van der Waals surface area contributed by atoms with Crippen LogP contribution in [-0.4, -0.2) is 29.2 Å². The van der Waals surface area contributed by atoms with Gasteiger partial charge in [-0.25, -0.2) is 9.97 Å². The molecule has 0 saturated heterocycles. The van der Waals surface area contributed by atoms with E-state index in [1.54, 1.807) is 7.11 Å². The summed E-state index contributed by atoms with van der Waals surface area (Å²) in [6, 6.07) is 1.90. The molecule has 0 unspecified atom stereocenters. The molecule has 0 radical (unpaired) electrons. The van der Waals surface area contributed by atoms with Gasteiger partial charge in [-0.1, -0.05) is 6.92 Å². The van der Waals surface area contributed by atoms with Crippen LogP contribution in [0.1, 0.15) is 32.0 Å². The predicted molar refractivity (Wildman–Crippen MR) is 71.2 cm³/mol. The van der Waals surface area contributed by atoms with Gasteiger partial charge in [0.05, 0.1) is 5.60 Å². The molecule has 0 amide bonds. The molecule has 2 rings (SSSR count). The van der Waals surface area contributed by atoms with E-state index >= 15 is 0 Å². The number of aryl methyl sites for hydroxylation is 1. The van der Waals surface area contributed by atoms with Crippen LogP contribution in [0.3, 0.4) is 0 Å². The lowest BCUT2D eigenvalue weighted by Crippen LogP contribution is -2.45. The van der Waals surface area contributed by atoms with Gasteiger partial charge in [-0.3, -0.25) is 0 Å². The minimum Gasteiger partial charge on any atom is -0.376 e. The zero-order chi connectivity index (χ0) is 12.3. The summed E-state index contributed by atoms with van der Waals surface area (Å²) in [5, 5.41) is 3.35. The Morgan fingerprint density at radius 2 is 2.24 bits per heavy atom. The fourth-order valence-electron chi connectivity index (χ4n) is 1.99. The third-order valence-corrected chi connectivity index (χ3v) is 3.75. The van der Waals surface area contributed by atoms with Gasteiger partial charge in [0.1, 0.15) is 16.2 Å². The first-order chi connectivity index (χ1) is 8.17. The Hall–Kier alpha value is -0.680. The van der Waals surface area contributed by atoms with Crippen molar-refractivity contribution in [3.05, 3.63) is 16.5 Å². The van der Waals surface area contributed by atoms with E-state index in [9.17, 15) is 0 Å². The standard InChI is InChI=1S/C12H18BrN3O/c1-3-10-15-9(13)7-11(16-10)14-8-12(17-2)5-4-6-12/h7H,3-6,8H2,1-2H3,(H,14,15,16). The Balaban J connectivity index is 2.01. The Labute approximate surface area is 110 Å². The normalized spacial score (nSPS) is 17.6. The third kappa shape index (κ3) is 2.96. The van der Waals surface area contributed by atoms with Gasteiger partial charge in [0.25, 0.3) is 0 Å². The minimum atomic E-state index is 0.0177. The van der Waals surface area contributed by atoms with Gasteiger partial charge in [-0.05, 0) is 35.2 Å². The molecule has 0 bridgehead atoms. The highest BCUT2D eigenvalue weighted by Crippen LogP contribution is 2.35. The lowest BCUT2D eigenvalue weighted by Gasteiger charge is -2.40. The first-order valence-electron chi connectivity index (χ1n) is 6.00. The van der Waals surface area contributed by atoms with Crippen molar-refractivity contribution in [1.82, 2.24) is 9.97 Å². The summed E-state index contributed by atoms with van der Waals surface area (Å²) >= 11 is 3.40. The first-order valence-corrected chi connectivity index (χ1v) is 6.79. The second-order valence-electron chi connectivity index (χ2n) is 4.44. The van der Waals surface area contributed by atoms with E-state index in [0.717, 1.165) is 42.1 Å². The summed E-state index contributed by atoms with van der Waals surface area (Å²) in [6.45, 7) is 2.87. The number of nitrogens with one attached hydrogen (secondary N) is 1. The molecule has 1 N–H and O–H groups in total. The van der Waals surface area contributed by atoms with Crippen LogP contribution in [0.25, 0.3) is 0 Å². The Morgan fingerprint density at radius 3 is 2.76 bits per heavy atom. The summed E-state index contributed by atoms with van der Waals surface area (Å²) in [6.07, 6.45) is 4.35. The van der Waals surface area contributed by atoms with Gasteiger partial charge in [0.2, 0.25) is 0 Å². The molecule has 5 heteroatoms. The summed E-state index contributed by atoms with van der Waals surface area (Å²) in [7, 11) is 1.79. The highest BCUT2D eigenvalue weighted by Gasteiger charge is 2.36. The van der Waals surface area contributed by atoms with Crippen LogP contribution in [0.15, 0.2) is 10.7 Å². The second kappa shape index (κ2) is 5.31. The van der Waals surface area contributed by atoms with Gasteiger partial charge in [-0.2, -0.15) is 0 Å². The molecule has 0 spiro atoms. The molecule has 94 valence electrons. The summed E-state index contributed by atoms with van der Waals surface area (Å²) in [5.41, 5.74) is 0.0177. The molecule has 0 aromatic carbocycles. The topological polar surface area (TPSA) is 47.0 Å². The highest BCUT2D eigenvalue weighted by atomic mass is 79.9. The molecular weight excluding hydrogens is 282 g/mol. The molecule has 1 aliphatic carbocycles. The number of hydrogen-bond acceptors (Lipinski definition) is 4. The monoisotopic (exact) mass is 299 g/mol. The molecule has 1 aliphatic rings. The van der Waals surface area contributed by atoms with Crippen molar-refractivity contribution in [2.45, 2.75) is 38.2 Å². The van der Waals surface area contributed by atoms with Crippen molar-refractivity contribution in [1.29, 1.82) is 0 Å². The fourth-order valence-corrected chi connectivity index (χ4v) is 2.41. The van der Waals surface area contributed by atoms with Crippen LogP contribution < -0.4 is 5.32 Å². The van der Waals surface area contributed by atoms with Crippen molar-refractivity contribution < 1.29 is 4.74 Å². The number of anilines is 1. The van der Waals surface area contributed by atoms with Crippen LogP contribution in [0.4, 0.5) is 5.82 Å². The maximum atomic E-state index is 5.56. The summed E-state index contributed by atoms with van der Waals surface area (Å²) < 4.78 is 6.39. The Kier molecular flexibility index (Phi) is 3.99. The Bertz CT molecular complexity index is 388. The molecule has 0 aliphatic heterocycles. The lowest BCUT2D eigenvalue weighted by atomic mass is 9.80. The van der Waals surface area contributed by atoms with E-state index < -0.39 is 0 Å². The zero-order valence-electron chi connectivity index (χ0n) is 10.3.